The second kappa shape index (κ2) is 9.20. The number of alkyl halides is 3. The predicted octanol–water partition coefficient (Wildman–Crippen LogP) is 4.97. The average molecular weight is 474 g/mol. The van der Waals surface area contributed by atoms with Crippen molar-refractivity contribution in [2.45, 2.75) is 17.2 Å². The van der Waals surface area contributed by atoms with Gasteiger partial charge in [0.1, 0.15) is 11.0 Å². The van der Waals surface area contributed by atoms with E-state index in [1.54, 1.807) is 24.3 Å². The van der Waals surface area contributed by atoms with E-state index in [2.05, 4.69) is 15.0 Å². The molecule has 1 aliphatic rings. The summed E-state index contributed by atoms with van der Waals surface area (Å²) in [5.74, 6) is -0.914. The van der Waals surface area contributed by atoms with Crippen molar-refractivity contribution in [1.82, 2.24) is 0 Å². The van der Waals surface area contributed by atoms with Gasteiger partial charge in [-0.1, -0.05) is 35.5 Å². The molecule has 0 spiro atoms. The SMILES string of the molecule is CN=C1SC(C(=O)Nc2ccccc2Cl)CC(=O)N1c1ccc(OC(F)(F)Cl)cc1. The highest BCUT2D eigenvalue weighted by atomic mass is 35.5. The Labute approximate surface area is 185 Å². The minimum Gasteiger partial charge on any atom is -0.420 e. The van der Waals surface area contributed by atoms with E-state index in [0.717, 1.165) is 11.8 Å². The quantitative estimate of drug-likeness (QED) is 0.622. The number of thioether (sulfide) groups is 1. The number of hydrogen-bond acceptors (Lipinski definition) is 5. The Hall–Kier alpha value is -2.36. The third-order valence-corrected chi connectivity index (χ3v) is 5.64. The molecule has 2 aromatic rings. The molecule has 1 heterocycles. The maximum absolute atomic E-state index is 12.8. The molecule has 2 aromatic carbocycles. The van der Waals surface area contributed by atoms with E-state index in [9.17, 15) is 18.4 Å². The van der Waals surface area contributed by atoms with Gasteiger partial charge in [-0.05, 0) is 36.4 Å². The number of hydrogen-bond donors (Lipinski definition) is 1. The van der Waals surface area contributed by atoms with Crippen LogP contribution in [-0.4, -0.2) is 34.8 Å². The Morgan fingerprint density at radius 3 is 2.53 bits per heavy atom. The van der Waals surface area contributed by atoms with Crippen LogP contribution in [-0.2, 0) is 9.59 Å². The Balaban J connectivity index is 1.74. The number of anilines is 2. The zero-order valence-electron chi connectivity index (χ0n) is 15.4. The summed E-state index contributed by atoms with van der Waals surface area (Å²) in [6, 6.07) is 12.1. The number of nitrogens with zero attached hydrogens (tertiary/aromatic N) is 2. The lowest BCUT2D eigenvalue weighted by Gasteiger charge is -2.31. The molecule has 3 rings (SSSR count). The Bertz CT molecular complexity index is 984. The van der Waals surface area contributed by atoms with Crippen molar-refractivity contribution in [3.05, 3.63) is 53.6 Å². The van der Waals surface area contributed by atoms with Crippen LogP contribution in [0, 0.1) is 0 Å². The molecule has 6 nitrogen and oxygen atoms in total. The van der Waals surface area contributed by atoms with Crippen LogP contribution in [0.5, 0.6) is 5.75 Å². The van der Waals surface area contributed by atoms with E-state index in [-0.39, 0.29) is 24.0 Å². The maximum Gasteiger partial charge on any atom is 0.487 e. The summed E-state index contributed by atoms with van der Waals surface area (Å²) in [4.78, 5) is 30.8. The summed E-state index contributed by atoms with van der Waals surface area (Å²) in [7, 11) is 1.49. The van der Waals surface area contributed by atoms with Gasteiger partial charge >= 0.3 is 5.57 Å². The molecule has 0 bridgehead atoms. The number of benzene rings is 2. The molecule has 0 radical (unpaired) electrons. The molecule has 2 amide bonds. The van der Waals surface area contributed by atoms with Crippen LogP contribution in [0.3, 0.4) is 0 Å². The lowest BCUT2D eigenvalue weighted by Crippen LogP contribution is -2.45. The van der Waals surface area contributed by atoms with Crippen LogP contribution in [0.1, 0.15) is 6.42 Å². The third kappa shape index (κ3) is 5.41. The fraction of sp³-hybridized carbons (Fsp3) is 0.211. The van der Waals surface area contributed by atoms with Crippen LogP contribution in [0.2, 0.25) is 5.02 Å². The molecule has 1 aliphatic heterocycles. The first kappa shape index (κ1) is 22.3. The zero-order chi connectivity index (χ0) is 21.9. The topological polar surface area (TPSA) is 71.0 Å². The number of halogens is 4. The molecule has 30 heavy (non-hydrogen) atoms. The molecule has 0 aromatic heterocycles. The van der Waals surface area contributed by atoms with Crippen LogP contribution in [0.4, 0.5) is 20.2 Å². The van der Waals surface area contributed by atoms with Gasteiger partial charge in [-0.25, -0.2) is 0 Å². The number of carbonyl (C=O) groups is 2. The van der Waals surface area contributed by atoms with Gasteiger partial charge in [0.2, 0.25) is 11.8 Å². The second-order valence-electron chi connectivity index (χ2n) is 6.06. The molecule has 1 atom stereocenters. The largest absolute Gasteiger partial charge is 0.487 e. The van der Waals surface area contributed by atoms with Crippen molar-refractivity contribution >= 4 is 63.3 Å². The van der Waals surface area contributed by atoms with E-state index in [1.807, 2.05) is 0 Å². The summed E-state index contributed by atoms with van der Waals surface area (Å²) in [6.45, 7) is 0. The van der Waals surface area contributed by atoms with Crippen LogP contribution < -0.4 is 15.0 Å². The number of amides is 2. The number of para-hydroxylation sites is 1. The van der Waals surface area contributed by atoms with Gasteiger partial charge in [0.05, 0.1) is 16.4 Å². The molecule has 11 heteroatoms. The van der Waals surface area contributed by atoms with Crippen molar-refractivity contribution in [3.8, 4) is 5.75 Å². The average Bonchev–Trinajstić information content (AvgIpc) is 2.68. The molecule has 1 N–H and O–H groups in total. The van der Waals surface area contributed by atoms with Crippen LogP contribution in [0.15, 0.2) is 53.5 Å². The van der Waals surface area contributed by atoms with Crippen molar-refractivity contribution in [3.63, 3.8) is 0 Å². The molecule has 1 fully saturated rings. The molecule has 0 aliphatic carbocycles. The Morgan fingerprint density at radius 1 is 1.27 bits per heavy atom. The summed E-state index contributed by atoms with van der Waals surface area (Å²) in [5.41, 5.74) is -3.00. The Morgan fingerprint density at radius 2 is 1.93 bits per heavy atom. The molecule has 0 saturated carbocycles. The van der Waals surface area contributed by atoms with Gasteiger partial charge < -0.3 is 10.1 Å². The zero-order valence-corrected chi connectivity index (χ0v) is 17.8. The van der Waals surface area contributed by atoms with Gasteiger partial charge in [-0.3, -0.25) is 19.5 Å². The summed E-state index contributed by atoms with van der Waals surface area (Å²) in [5, 5.41) is 2.68. The number of aliphatic imine (C=N–C) groups is 1. The molecular weight excluding hydrogens is 459 g/mol. The number of rotatable bonds is 5. The predicted molar refractivity (Wildman–Crippen MR) is 115 cm³/mol. The van der Waals surface area contributed by atoms with E-state index >= 15 is 0 Å². The van der Waals surface area contributed by atoms with Crippen molar-refractivity contribution in [2.24, 2.45) is 4.99 Å². The normalized spacial score (nSPS) is 18.4. The van der Waals surface area contributed by atoms with E-state index < -0.39 is 10.8 Å². The molecular formula is C19H15Cl2F2N3O3S. The lowest BCUT2D eigenvalue weighted by atomic mass is 10.2. The Kier molecular flexibility index (Phi) is 6.84. The van der Waals surface area contributed by atoms with Gasteiger partial charge in [0.25, 0.3) is 0 Å². The number of carbonyl (C=O) groups excluding carboxylic acids is 2. The summed E-state index contributed by atoms with van der Waals surface area (Å²) in [6.07, 6.45) is -0.0853. The van der Waals surface area contributed by atoms with Crippen LogP contribution >= 0.6 is 35.0 Å². The second-order valence-corrected chi connectivity index (χ2v) is 8.07. The molecule has 1 saturated heterocycles. The monoisotopic (exact) mass is 473 g/mol. The fourth-order valence-electron chi connectivity index (χ4n) is 2.70. The first-order valence-corrected chi connectivity index (χ1v) is 10.2. The van der Waals surface area contributed by atoms with E-state index in [4.69, 9.17) is 23.2 Å². The first-order valence-electron chi connectivity index (χ1n) is 8.55. The molecule has 1 unspecified atom stereocenters. The number of amidine groups is 1. The highest BCUT2D eigenvalue weighted by Gasteiger charge is 2.36. The number of nitrogens with one attached hydrogen (secondary N) is 1. The minimum atomic E-state index is -3.84. The minimum absolute atomic E-state index is 0.0853. The lowest BCUT2D eigenvalue weighted by molar-refractivity contribution is -0.121. The molecule has 158 valence electrons. The van der Waals surface area contributed by atoms with Gasteiger partial charge in [-0.15, -0.1) is 8.78 Å². The summed E-state index contributed by atoms with van der Waals surface area (Å²) < 4.78 is 29.8. The van der Waals surface area contributed by atoms with E-state index in [1.165, 1.54) is 36.2 Å². The van der Waals surface area contributed by atoms with Crippen molar-refractivity contribution in [1.29, 1.82) is 0 Å². The fourth-order valence-corrected chi connectivity index (χ4v) is 4.04. The van der Waals surface area contributed by atoms with Crippen molar-refractivity contribution < 1.29 is 23.1 Å². The number of ether oxygens (including phenoxy) is 1. The van der Waals surface area contributed by atoms with Crippen LogP contribution in [0.25, 0.3) is 0 Å². The first-order chi connectivity index (χ1) is 14.2. The van der Waals surface area contributed by atoms with Gasteiger partial charge in [0, 0.05) is 25.1 Å². The highest BCUT2D eigenvalue weighted by molar-refractivity contribution is 8.15. The third-order valence-electron chi connectivity index (χ3n) is 3.99. The maximum atomic E-state index is 12.8. The smallest absolute Gasteiger partial charge is 0.420 e. The van der Waals surface area contributed by atoms with Gasteiger partial charge in [-0.2, -0.15) is 0 Å². The summed E-state index contributed by atoms with van der Waals surface area (Å²) >= 11 is 11.9. The van der Waals surface area contributed by atoms with Gasteiger partial charge in [0.15, 0.2) is 5.17 Å². The van der Waals surface area contributed by atoms with E-state index in [0.29, 0.717) is 21.6 Å². The highest BCUT2D eigenvalue weighted by Crippen LogP contribution is 2.33. The van der Waals surface area contributed by atoms with Crippen molar-refractivity contribution in [2.75, 3.05) is 17.3 Å². The standard InChI is InChI=1S/C19H15Cl2F2N3O3S/c1-24-18-26(11-6-8-12(9-7-11)29-19(21,22)23)16(27)10-15(30-18)17(28)25-14-5-3-2-4-13(14)20/h2-9,15H,10H2,1H3,(H,25,28).